The fourth-order valence-corrected chi connectivity index (χ4v) is 4.79. The second kappa shape index (κ2) is 20.3. The molecule has 0 aliphatic rings. The summed E-state index contributed by atoms with van der Waals surface area (Å²) >= 11 is 0. The lowest BCUT2D eigenvalue weighted by molar-refractivity contribution is -0.134. The summed E-state index contributed by atoms with van der Waals surface area (Å²) in [5.41, 5.74) is 23.4. The van der Waals surface area contributed by atoms with Crippen LogP contribution in [0.2, 0.25) is 0 Å². The number of amides is 5. The van der Waals surface area contributed by atoms with Gasteiger partial charge in [0.1, 0.15) is 30.2 Å². The summed E-state index contributed by atoms with van der Waals surface area (Å²) in [5, 5.41) is 20.0. The molecule has 0 fully saturated rings. The zero-order valence-corrected chi connectivity index (χ0v) is 27.4. The molecule has 0 saturated heterocycles. The van der Waals surface area contributed by atoms with Crippen molar-refractivity contribution in [3.63, 3.8) is 0 Å². The Morgan fingerprint density at radius 1 is 0.688 bits per heavy atom. The molecule has 0 unspecified atom stereocenters. The molecule has 0 aliphatic carbocycles. The van der Waals surface area contributed by atoms with Crippen molar-refractivity contribution in [2.75, 3.05) is 13.2 Å². The van der Waals surface area contributed by atoms with Gasteiger partial charge in [0.25, 0.3) is 0 Å². The maximum Gasteiger partial charge on any atom is 0.243 e. The molecule has 0 saturated carbocycles. The first-order valence-electron chi connectivity index (χ1n) is 15.8. The van der Waals surface area contributed by atoms with Crippen molar-refractivity contribution in [3.05, 3.63) is 71.8 Å². The van der Waals surface area contributed by atoms with Gasteiger partial charge in [-0.1, -0.05) is 74.5 Å². The summed E-state index contributed by atoms with van der Waals surface area (Å²) < 4.78 is 0. The zero-order chi connectivity index (χ0) is 35.6. The summed E-state index contributed by atoms with van der Waals surface area (Å²) in [6.07, 6.45) is 0.885. The van der Waals surface area contributed by atoms with E-state index in [9.17, 15) is 29.1 Å². The number of aliphatic hydroxyl groups is 1. The highest BCUT2D eigenvalue weighted by atomic mass is 16.3. The van der Waals surface area contributed by atoms with E-state index in [1.165, 1.54) is 0 Å². The highest BCUT2D eigenvalue weighted by Crippen LogP contribution is 2.11. The summed E-state index contributed by atoms with van der Waals surface area (Å²) in [6, 6.07) is 12.2. The van der Waals surface area contributed by atoms with Gasteiger partial charge in [0.2, 0.25) is 29.5 Å². The zero-order valence-electron chi connectivity index (χ0n) is 27.4. The lowest BCUT2D eigenvalue weighted by Crippen LogP contribution is -2.59. The topological polar surface area (TPSA) is 270 Å². The first kappa shape index (κ1) is 39.2. The molecule has 13 N–H and O–H groups in total. The van der Waals surface area contributed by atoms with Gasteiger partial charge in [-0.3, -0.25) is 29.0 Å². The second-order valence-corrected chi connectivity index (χ2v) is 11.9. The Balaban J connectivity index is 2.32. The number of benzene rings is 2. The molecule has 5 atom stereocenters. The van der Waals surface area contributed by atoms with Crippen molar-refractivity contribution in [1.82, 2.24) is 21.3 Å². The molecule has 262 valence electrons. The number of hydrogen-bond donors (Lipinski definition) is 9. The van der Waals surface area contributed by atoms with Crippen LogP contribution in [0, 0.1) is 5.92 Å². The van der Waals surface area contributed by atoms with Crippen molar-refractivity contribution in [3.8, 4) is 0 Å². The van der Waals surface area contributed by atoms with Gasteiger partial charge in [-0.05, 0) is 36.3 Å². The average molecular weight is 668 g/mol. The Hall–Kier alpha value is -5.02. The third-order valence-electron chi connectivity index (χ3n) is 7.31. The number of primary amides is 1. The third-order valence-corrected chi connectivity index (χ3v) is 7.31. The van der Waals surface area contributed by atoms with Crippen LogP contribution in [0.3, 0.4) is 0 Å². The molecule has 0 spiro atoms. The predicted octanol–water partition coefficient (Wildman–Crippen LogP) is -1.68. The first-order valence-corrected chi connectivity index (χ1v) is 15.8. The van der Waals surface area contributed by atoms with E-state index in [2.05, 4.69) is 26.3 Å². The molecule has 0 heterocycles. The number of rotatable bonds is 20. The van der Waals surface area contributed by atoms with Gasteiger partial charge < -0.3 is 49.3 Å². The minimum atomic E-state index is -1.26. The number of carbonyl (C=O) groups is 5. The minimum Gasteiger partial charge on any atom is -0.394 e. The molecule has 5 amide bonds. The number of hydrogen-bond acceptors (Lipinski definition) is 8. The van der Waals surface area contributed by atoms with Crippen LogP contribution in [-0.4, -0.2) is 84.0 Å². The first-order chi connectivity index (χ1) is 22.8. The van der Waals surface area contributed by atoms with Crippen LogP contribution >= 0.6 is 0 Å². The molecule has 0 aliphatic heterocycles. The third kappa shape index (κ3) is 14.2. The Morgan fingerprint density at radius 3 is 1.56 bits per heavy atom. The van der Waals surface area contributed by atoms with Gasteiger partial charge in [0.15, 0.2) is 5.96 Å². The van der Waals surface area contributed by atoms with Gasteiger partial charge in [-0.15, -0.1) is 0 Å². The lowest BCUT2D eigenvalue weighted by atomic mass is 9.99. The van der Waals surface area contributed by atoms with Gasteiger partial charge in [-0.2, -0.15) is 0 Å². The van der Waals surface area contributed by atoms with Crippen LogP contribution in [-0.2, 0) is 36.8 Å². The van der Waals surface area contributed by atoms with Crippen molar-refractivity contribution in [2.24, 2.45) is 33.8 Å². The normalized spacial score (nSPS) is 14.0. The number of aliphatic imine (C=N–C) groups is 1. The summed E-state index contributed by atoms with van der Waals surface area (Å²) in [5.74, 6) is -3.61. The summed E-state index contributed by atoms with van der Waals surface area (Å²) in [7, 11) is 0. The van der Waals surface area contributed by atoms with E-state index in [4.69, 9.17) is 22.9 Å². The molecule has 2 rings (SSSR count). The fraction of sp³-hybridized carbons (Fsp3) is 0.455. The van der Waals surface area contributed by atoms with Gasteiger partial charge >= 0.3 is 0 Å². The minimum absolute atomic E-state index is 0.0432. The maximum atomic E-state index is 13.9. The largest absolute Gasteiger partial charge is 0.394 e. The van der Waals surface area contributed by atoms with E-state index in [0.717, 1.165) is 11.1 Å². The second-order valence-electron chi connectivity index (χ2n) is 11.9. The van der Waals surface area contributed by atoms with E-state index in [1.807, 2.05) is 19.9 Å². The van der Waals surface area contributed by atoms with Crippen LogP contribution in [0.5, 0.6) is 0 Å². The van der Waals surface area contributed by atoms with Gasteiger partial charge in [0.05, 0.1) is 6.61 Å². The average Bonchev–Trinajstić information content (AvgIpc) is 3.05. The molecule has 15 nitrogen and oxygen atoms in total. The SMILES string of the molecule is CC(C)C[C@H](NC(=O)[C@H](Cc1ccccc1)NC(=O)[C@H](Cc1ccccc1)NC(=O)[C@@H](N)CO)C(=O)N[C@@H](CCCN=C(N)N)C(N)=O. The molecule has 2 aromatic carbocycles. The fourth-order valence-electron chi connectivity index (χ4n) is 4.79. The van der Waals surface area contributed by atoms with E-state index in [0.29, 0.717) is 6.42 Å². The molecule has 0 bridgehead atoms. The number of aliphatic hydroxyl groups excluding tert-OH is 1. The molecule has 48 heavy (non-hydrogen) atoms. The maximum absolute atomic E-state index is 13.9. The summed E-state index contributed by atoms with van der Waals surface area (Å²) in [6.45, 7) is 3.33. The molecule has 0 aromatic heterocycles. The molecule has 2 aromatic rings. The van der Waals surface area contributed by atoms with E-state index < -0.39 is 66.4 Å². The summed E-state index contributed by atoms with van der Waals surface area (Å²) in [4.78, 5) is 69.6. The highest BCUT2D eigenvalue weighted by molar-refractivity contribution is 5.96. The molecule has 0 radical (unpaired) electrons. The van der Waals surface area contributed by atoms with E-state index in [-0.39, 0.29) is 44.1 Å². The van der Waals surface area contributed by atoms with Gasteiger partial charge in [0, 0.05) is 19.4 Å². The quantitative estimate of drug-likeness (QED) is 0.0442. The highest BCUT2D eigenvalue weighted by Gasteiger charge is 2.32. The van der Waals surface area contributed by atoms with Crippen molar-refractivity contribution >= 4 is 35.5 Å². The van der Waals surface area contributed by atoms with Crippen LogP contribution in [0.25, 0.3) is 0 Å². The standard InChI is InChI=1S/C33H49N9O6/c1-20(2)16-25(30(46)39-24(28(35)44)14-9-15-38-33(36)37)41-32(48)27(18-22-12-7-4-8-13-22)42-31(47)26(40-29(45)23(34)19-43)17-21-10-5-3-6-11-21/h3-8,10-13,20,23-27,43H,9,14-19,34H2,1-2H3,(H2,35,44)(H,39,46)(H,40,45)(H,41,48)(H,42,47)(H4,36,37,38)/t23-,24-,25-,26-,27-/m0/s1. The monoisotopic (exact) mass is 667 g/mol. The lowest BCUT2D eigenvalue weighted by Gasteiger charge is -2.27. The molecule has 15 heteroatoms. The smallest absolute Gasteiger partial charge is 0.243 e. The molecular weight excluding hydrogens is 618 g/mol. The van der Waals surface area contributed by atoms with Crippen LogP contribution in [0.4, 0.5) is 0 Å². The van der Waals surface area contributed by atoms with Crippen LogP contribution in [0.15, 0.2) is 65.7 Å². The van der Waals surface area contributed by atoms with Gasteiger partial charge in [-0.25, -0.2) is 0 Å². The Kier molecular flexibility index (Phi) is 16.5. The number of carbonyl (C=O) groups excluding carboxylic acids is 5. The predicted molar refractivity (Wildman–Crippen MR) is 182 cm³/mol. The van der Waals surface area contributed by atoms with E-state index in [1.54, 1.807) is 54.6 Å². The van der Waals surface area contributed by atoms with E-state index >= 15 is 0 Å². The number of nitrogens with zero attached hydrogens (tertiary/aromatic N) is 1. The number of nitrogens with one attached hydrogen (secondary N) is 4. The Labute approximate surface area is 280 Å². The number of guanidine groups is 1. The molecular formula is C33H49N9O6. The Bertz CT molecular complexity index is 1370. The number of nitrogens with two attached hydrogens (primary N) is 4. The van der Waals surface area contributed by atoms with Crippen molar-refractivity contribution in [2.45, 2.75) is 76.2 Å². The van der Waals surface area contributed by atoms with Crippen molar-refractivity contribution in [1.29, 1.82) is 0 Å². The van der Waals surface area contributed by atoms with Crippen LogP contribution in [0.1, 0.15) is 44.2 Å². The van der Waals surface area contributed by atoms with Crippen LogP contribution < -0.4 is 44.2 Å². The Morgan fingerprint density at radius 2 is 1.12 bits per heavy atom. The van der Waals surface area contributed by atoms with Crippen molar-refractivity contribution < 1.29 is 29.1 Å².